The van der Waals surface area contributed by atoms with E-state index in [0.29, 0.717) is 17.6 Å². The second-order valence-electron chi connectivity index (χ2n) is 5.74. The molecule has 2 aliphatic carbocycles. The molecule has 0 unspecified atom stereocenters. The maximum absolute atomic E-state index is 12.1. The third-order valence-electron chi connectivity index (χ3n) is 3.66. The molecule has 1 aromatic heterocycles. The zero-order chi connectivity index (χ0) is 15.7. The van der Waals surface area contributed by atoms with E-state index < -0.39 is 0 Å². The predicted molar refractivity (Wildman–Crippen MR) is 87.2 cm³/mol. The molecular formula is C14H20N4O2S2. The molecule has 1 heterocycles. The number of nitrogens with zero attached hydrogens (tertiary/aromatic N) is 3. The standard InChI is InChI=1S/C14H20N4O2S2/c1-3-11(19)18(10-6-7-10)13-16-17-14(22-13)21-8(2)12(20)15-9-4-5-9/h8-10H,3-7H2,1-2H3,(H,15,20)/t8-/m0/s1. The molecule has 6 nitrogen and oxygen atoms in total. The van der Waals surface area contributed by atoms with Crippen LogP contribution in [0.5, 0.6) is 0 Å². The Labute approximate surface area is 138 Å². The fraction of sp³-hybridized carbons (Fsp3) is 0.714. The summed E-state index contributed by atoms with van der Waals surface area (Å²) in [4.78, 5) is 25.8. The highest BCUT2D eigenvalue weighted by atomic mass is 32.2. The van der Waals surface area contributed by atoms with Gasteiger partial charge in [-0.05, 0) is 32.6 Å². The quantitative estimate of drug-likeness (QED) is 0.608. The molecule has 3 rings (SSSR count). The van der Waals surface area contributed by atoms with Crippen LogP contribution in [0.2, 0.25) is 0 Å². The fourth-order valence-electron chi connectivity index (χ4n) is 2.07. The van der Waals surface area contributed by atoms with Crippen molar-refractivity contribution in [3.8, 4) is 0 Å². The van der Waals surface area contributed by atoms with Crippen molar-refractivity contribution in [2.45, 2.75) is 67.6 Å². The van der Waals surface area contributed by atoms with E-state index in [2.05, 4.69) is 15.5 Å². The van der Waals surface area contributed by atoms with Gasteiger partial charge < -0.3 is 5.32 Å². The van der Waals surface area contributed by atoms with Gasteiger partial charge in [0.25, 0.3) is 0 Å². The van der Waals surface area contributed by atoms with Crippen molar-refractivity contribution in [1.29, 1.82) is 0 Å². The lowest BCUT2D eigenvalue weighted by molar-refractivity contribution is -0.120. The molecule has 120 valence electrons. The Hall–Kier alpha value is -1.15. The lowest BCUT2D eigenvalue weighted by atomic mass is 10.4. The normalized spacial score (nSPS) is 18.8. The Morgan fingerprint density at radius 2 is 2.09 bits per heavy atom. The number of carbonyl (C=O) groups excluding carboxylic acids is 2. The summed E-state index contributed by atoms with van der Waals surface area (Å²) in [5.74, 6) is 0.141. The van der Waals surface area contributed by atoms with Gasteiger partial charge in [0.15, 0.2) is 4.34 Å². The third kappa shape index (κ3) is 3.78. The van der Waals surface area contributed by atoms with Crippen LogP contribution in [0.25, 0.3) is 0 Å². The highest BCUT2D eigenvalue weighted by Gasteiger charge is 2.35. The second-order valence-corrected chi connectivity index (χ2v) is 8.29. The van der Waals surface area contributed by atoms with E-state index in [9.17, 15) is 9.59 Å². The minimum absolute atomic E-state index is 0.0490. The topological polar surface area (TPSA) is 75.2 Å². The smallest absolute Gasteiger partial charge is 0.233 e. The van der Waals surface area contributed by atoms with Crippen LogP contribution in [-0.2, 0) is 9.59 Å². The van der Waals surface area contributed by atoms with E-state index in [1.54, 1.807) is 4.90 Å². The summed E-state index contributed by atoms with van der Waals surface area (Å²) in [6.45, 7) is 3.73. The van der Waals surface area contributed by atoms with E-state index in [-0.39, 0.29) is 23.1 Å². The Morgan fingerprint density at radius 3 is 2.68 bits per heavy atom. The van der Waals surface area contributed by atoms with E-state index in [1.165, 1.54) is 23.1 Å². The Bertz CT molecular complexity index is 569. The van der Waals surface area contributed by atoms with Crippen LogP contribution in [0.15, 0.2) is 4.34 Å². The van der Waals surface area contributed by atoms with Crippen LogP contribution in [0, 0.1) is 0 Å². The van der Waals surface area contributed by atoms with E-state index >= 15 is 0 Å². The minimum atomic E-state index is -0.197. The highest BCUT2D eigenvalue weighted by molar-refractivity contribution is 8.02. The molecule has 2 saturated carbocycles. The van der Waals surface area contributed by atoms with E-state index in [0.717, 1.165) is 30.0 Å². The molecule has 2 aliphatic rings. The monoisotopic (exact) mass is 340 g/mol. The summed E-state index contributed by atoms with van der Waals surface area (Å²) >= 11 is 2.81. The first-order chi connectivity index (χ1) is 10.6. The van der Waals surface area contributed by atoms with Crippen LogP contribution >= 0.6 is 23.1 Å². The number of carbonyl (C=O) groups is 2. The van der Waals surface area contributed by atoms with Gasteiger partial charge in [0, 0.05) is 18.5 Å². The van der Waals surface area contributed by atoms with Crippen molar-refractivity contribution >= 4 is 40.0 Å². The van der Waals surface area contributed by atoms with Crippen LogP contribution < -0.4 is 10.2 Å². The SMILES string of the molecule is CCC(=O)N(c1nnc(S[C@@H](C)C(=O)NC2CC2)s1)C1CC1. The fourth-order valence-corrected chi connectivity index (χ4v) is 4.15. The van der Waals surface area contributed by atoms with Gasteiger partial charge in [0.1, 0.15) is 0 Å². The Balaban J connectivity index is 1.62. The van der Waals surface area contributed by atoms with Crippen molar-refractivity contribution < 1.29 is 9.59 Å². The molecule has 2 fully saturated rings. The van der Waals surface area contributed by atoms with Gasteiger partial charge in [-0.3, -0.25) is 14.5 Å². The van der Waals surface area contributed by atoms with Gasteiger partial charge >= 0.3 is 0 Å². The van der Waals surface area contributed by atoms with Gasteiger partial charge in [-0.15, -0.1) is 10.2 Å². The van der Waals surface area contributed by atoms with Crippen LogP contribution in [0.1, 0.15) is 46.0 Å². The lowest BCUT2D eigenvalue weighted by Crippen LogP contribution is -2.32. The molecule has 8 heteroatoms. The highest BCUT2D eigenvalue weighted by Crippen LogP contribution is 2.37. The summed E-state index contributed by atoms with van der Waals surface area (Å²) in [7, 11) is 0. The van der Waals surface area contributed by atoms with E-state index in [4.69, 9.17) is 0 Å². The molecule has 0 spiro atoms. The lowest BCUT2D eigenvalue weighted by Gasteiger charge is -2.17. The number of anilines is 1. The molecule has 0 saturated heterocycles. The summed E-state index contributed by atoms with van der Waals surface area (Å²) in [6, 6.07) is 0.655. The average Bonchev–Trinajstić information content (AvgIpc) is 3.41. The third-order valence-corrected chi connectivity index (χ3v) is 5.76. The number of amides is 2. The molecule has 0 radical (unpaired) electrons. The zero-order valence-electron chi connectivity index (χ0n) is 12.7. The number of hydrogen-bond donors (Lipinski definition) is 1. The summed E-state index contributed by atoms with van der Waals surface area (Å²) in [6.07, 6.45) is 4.71. The number of thioether (sulfide) groups is 1. The molecule has 0 bridgehead atoms. The van der Waals surface area contributed by atoms with Crippen molar-refractivity contribution in [3.05, 3.63) is 0 Å². The summed E-state index contributed by atoms with van der Waals surface area (Å²) in [5.41, 5.74) is 0. The van der Waals surface area contributed by atoms with Crippen LogP contribution in [0.4, 0.5) is 5.13 Å². The molecule has 1 N–H and O–H groups in total. The van der Waals surface area contributed by atoms with Crippen molar-refractivity contribution in [3.63, 3.8) is 0 Å². The summed E-state index contributed by atoms with van der Waals surface area (Å²) < 4.78 is 0.739. The first-order valence-electron chi connectivity index (χ1n) is 7.71. The van der Waals surface area contributed by atoms with Crippen molar-refractivity contribution in [2.75, 3.05) is 4.90 Å². The largest absolute Gasteiger partial charge is 0.352 e. The molecule has 22 heavy (non-hydrogen) atoms. The minimum Gasteiger partial charge on any atom is -0.352 e. The Kier molecular flexibility index (Phi) is 4.67. The second kappa shape index (κ2) is 6.54. The average molecular weight is 340 g/mol. The predicted octanol–water partition coefficient (Wildman–Crippen LogP) is 2.20. The van der Waals surface area contributed by atoms with Crippen molar-refractivity contribution in [1.82, 2.24) is 15.5 Å². The molecule has 1 aromatic rings. The number of rotatable bonds is 7. The first kappa shape index (κ1) is 15.7. The zero-order valence-corrected chi connectivity index (χ0v) is 14.4. The molecule has 0 aromatic carbocycles. The molecular weight excluding hydrogens is 320 g/mol. The van der Waals surface area contributed by atoms with Gasteiger partial charge in [-0.2, -0.15) is 0 Å². The van der Waals surface area contributed by atoms with Gasteiger partial charge in [-0.25, -0.2) is 0 Å². The van der Waals surface area contributed by atoms with Gasteiger partial charge in [0.05, 0.1) is 5.25 Å². The van der Waals surface area contributed by atoms with E-state index in [1.807, 2.05) is 13.8 Å². The van der Waals surface area contributed by atoms with Crippen LogP contribution in [-0.4, -0.2) is 39.3 Å². The molecule has 0 aliphatic heterocycles. The van der Waals surface area contributed by atoms with Crippen LogP contribution in [0.3, 0.4) is 0 Å². The first-order valence-corrected chi connectivity index (χ1v) is 9.40. The summed E-state index contributed by atoms with van der Waals surface area (Å²) in [5, 5.41) is 11.7. The molecule has 1 atom stereocenters. The Morgan fingerprint density at radius 1 is 1.36 bits per heavy atom. The number of hydrogen-bond acceptors (Lipinski definition) is 6. The van der Waals surface area contributed by atoms with Gasteiger partial charge in [0.2, 0.25) is 16.9 Å². The molecule has 2 amide bonds. The van der Waals surface area contributed by atoms with Crippen molar-refractivity contribution in [2.24, 2.45) is 0 Å². The maximum Gasteiger partial charge on any atom is 0.233 e. The van der Waals surface area contributed by atoms with Gasteiger partial charge in [-0.1, -0.05) is 30.0 Å². The number of nitrogens with one attached hydrogen (secondary N) is 1. The number of aromatic nitrogens is 2. The maximum atomic E-state index is 12.1.